The van der Waals surface area contributed by atoms with Gasteiger partial charge in [-0.1, -0.05) is 12.1 Å². The molecule has 1 amide bonds. The van der Waals surface area contributed by atoms with Gasteiger partial charge in [0.2, 0.25) is 0 Å². The van der Waals surface area contributed by atoms with Crippen molar-refractivity contribution in [3.63, 3.8) is 0 Å². The molecule has 29 heavy (non-hydrogen) atoms. The lowest BCUT2D eigenvalue weighted by Crippen LogP contribution is -2.37. The Labute approximate surface area is 171 Å². The molecule has 1 aromatic heterocycles. The van der Waals surface area contributed by atoms with Gasteiger partial charge < -0.3 is 18.9 Å². The number of rotatable bonds is 8. The second kappa shape index (κ2) is 9.28. The van der Waals surface area contributed by atoms with Crippen molar-refractivity contribution in [2.75, 3.05) is 14.2 Å². The van der Waals surface area contributed by atoms with E-state index in [1.807, 2.05) is 43.1 Å². The van der Waals surface area contributed by atoms with E-state index in [4.69, 9.17) is 9.47 Å². The molecule has 3 rings (SSSR count). The molecule has 0 aliphatic carbocycles. The molecular weight excluding hydrogens is 366 g/mol. The smallest absolute Gasteiger partial charge is 0.254 e. The maximum Gasteiger partial charge on any atom is 0.254 e. The quantitative estimate of drug-likeness (QED) is 0.580. The molecule has 0 spiro atoms. The average Bonchev–Trinajstić information content (AvgIpc) is 3.18. The molecule has 0 bridgehead atoms. The van der Waals surface area contributed by atoms with Gasteiger partial charge in [-0.15, -0.1) is 0 Å². The van der Waals surface area contributed by atoms with Crippen molar-refractivity contribution in [2.24, 2.45) is 0 Å². The number of imidazole rings is 1. The van der Waals surface area contributed by atoms with E-state index in [9.17, 15) is 4.79 Å². The Hall–Kier alpha value is -3.28. The fourth-order valence-electron chi connectivity index (χ4n) is 3.14. The fraction of sp³-hybridized carbons (Fsp3) is 0.304. The van der Waals surface area contributed by atoms with Crippen LogP contribution < -0.4 is 9.47 Å². The Balaban J connectivity index is 1.79. The molecule has 1 heterocycles. The van der Waals surface area contributed by atoms with Gasteiger partial charge in [0.25, 0.3) is 5.91 Å². The van der Waals surface area contributed by atoms with E-state index in [-0.39, 0.29) is 11.9 Å². The minimum atomic E-state index is -0.0291. The summed E-state index contributed by atoms with van der Waals surface area (Å²) in [4.78, 5) is 19.4. The highest BCUT2D eigenvalue weighted by Crippen LogP contribution is 2.18. The van der Waals surface area contributed by atoms with Crippen molar-refractivity contribution in [2.45, 2.75) is 33.0 Å². The van der Waals surface area contributed by atoms with Gasteiger partial charge in [-0.05, 0) is 55.8 Å². The van der Waals surface area contributed by atoms with Crippen molar-refractivity contribution >= 4 is 5.91 Å². The summed E-state index contributed by atoms with van der Waals surface area (Å²) in [6, 6.07) is 15.2. The minimum Gasteiger partial charge on any atom is -0.497 e. The molecule has 0 radical (unpaired) electrons. The maximum absolute atomic E-state index is 13.1. The standard InChI is InChI=1S/C23H27N3O3/c1-17(2)26(23(27)19-8-10-20(28-3)11-9-19)16-22-24-12-13-25(22)15-18-6-5-7-21(14-18)29-4/h5-14,17H,15-16H2,1-4H3. The second-order valence-corrected chi connectivity index (χ2v) is 7.08. The van der Waals surface area contributed by atoms with Crippen LogP contribution in [0.25, 0.3) is 0 Å². The zero-order valence-corrected chi connectivity index (χ0v) is 17.3. The highest BCUT2D eigenvalue weighted by atomic mass is 16.5. The van der Waals surface area contributed by atoms with E-state index in [1.54, 1.807) is 44.7 Å². The molecule has 0 saturated heterocycles. The number of ether oxygens (including phenoxy) is 2. The van der Waals surface area contributed by atoms with Gasteiger partial charge in [-0.2, -0.15) is 0 Å². The summed E-state index contributed by atoms with van der Waals surface area (Å²) in [5, 5.41) is 0. The average molecular weight is 393 g/mol. The first-order valence-corrected chi connectivity index (χ1v) is 9.59. The zero-order chi connectivity index (χ0) is 20.8. The molecule has 0 N–H and O–H groups in total. The Kier molecular flexibility index (Phi) is 6.54. The number of carbonyl (C=O) groups is 1. The van der Waals surface area contributed by atoms with Crippen LogP contribution in [-0.2, 0) is 13.1 Å². The summed E-state index contributed by atoms with van der Waals surface area (Å²) in [6.07, 6.45) is 3.71. The molecule has 0 saturated carbocycles. The second-order valence-electron chi connectivity index (χ2n) is 7.08. The maximum atomic E-state index is 13.1. The number of carbonyl (C=O) groups excluding carboxylic acids is 1. The molecule has 0 atom stereocenters. The molecule has 0 aliphatic rings. The van der Waals surface area contributed by atoms with Gasteiger partial charge in [0.05, 0.1) is 20.8 Å². The largest absolute Gasteiger partial charge is 0.497 e. The lowest BCUT2D eigenvalue weighted by molar-refractivity contribution is 0.0683. The number of aromatic nitrogens is 2. The molecule has 0 aliphatic heterocycles. The number of methoxy groups -OCH3 is 2. The van der Waals surface area contributed by atoms with Crippen LogP contribution in [0.15, 0.2) is 60.9 Å². The summed E-state index contributed by atoms with van der Waals surface area (Å²) in [6.45, 7) is 5.11. The van der Waals surface area contributed by atoms with Crippen molar-refractivity contribution in [1.29, 1.82) is 0 Å². The number of hydrogen-bond acceptors (Lipinski definition) is 4. The highest BCUT2D eigenvalue weighted by Gasteiger charge is 2.21. The van der Waals surface area contributed by atoms with E-state index in [0.717, 1.165) is 22.9 Å². The minimum absolute atomic E-state index is 0.0291. The van der Waals surface area contributed by atoms with Crippen LogP contribution in [0.4, 0.5) is 0 Å². The molecule has 3 aromatic rings. The van der Waals surface area contributed by atoms with Crippen LogP contribution in [0.1, 0.15) is 35.6 Å². The number of benzene rings is 2. The zero-order valence-electron chi connectivity index (χ0n) is 17.3. The number of nitrogens with zero attached hydrogens (tertiary/aromatic N) is 3. The normalized spacial score (nSPS) is 10.8. The Morgan fingerprint density at radius 2 is 1.79 bits per heavy atom. The van der Waals surface area contributed by atoms with E-state index in [2.05, 4.69) is 15.6 Å². The molecule has 2 aromatic carbocycles. The third-order valence-electron chi connectivity index (χ3n) is 4.82. The van der Waals surface area contributed by atoms with Crippen molar-refractivity contribution in [1.82, 2.24) is 14.5 Å². The first-order valence-electron chi connectivity index (χ1n) is 9.59. The van der Waals surface area contributed by atoms with Crippen LogP contribution in [0, 0.1) is 0 Å². The molecule has 6 nitrogen and oxygen atoms in total. The summed E-state index contributed by atoms with van der Waals surface area (Å²) in [5.41, 5.74) is 1.74. The highest BCUT2D eigenvalue weighted by molar-refractivity contribution is 5.94. The van der Waals surface area contributed by atoms with E-state index in [0.29, 0.717) is 18.7 Å². The molecule has 6 heteroatoms. The van der Waals surface area contributed by atoms with Gasteiger partial charge in [-0.3, -0.25) is 4.79 Å². The summed E-state index contributed by atoms with van der Waals surface area (Å²) in [7, 11) is 3.27. The van der Waals surface area contributed by atoms with Crippen molar-refractivity contribution < 1.29 is 14.3 Å². The SMILES string of the molecule is COc1ccc(C(=O)N(Cc2nccn2Cc2cccc(OC)c2)C(C)C)cc1. The van der Waals surface area contributed by atoms with Crippen LogP contribution >= 0.6 is 0 Å². The van der Waals surface area contributed by atoms with Gasteiger partial charge >= 0.3 is 0 Å². The Morgan fingerprint density at radius 1 is 1.07 bits per heavy atom. The predicted molar refractivity (Wildman–Crippen MR) is 112 cm³/mol. The van der Waals surface area contributed by atoms with Crippen LogP contribution in [0.2, 0.25) is 0 Å². The van der Waals surface area contributed by atoms with Gasteiger partial charge in [0.1, 0.15) is 17.3 Å². The van der Waals surface area contributed by atoms with Crippen LogP contribution in [0.3, 0.4) is 0 Å². The fourth-order valence-corrected chi connectivity index (χ4v) is 3.14. The topological polar surface area (TPSA) is 56.6 Å². The van der Waals surface area contributed by atoms with Gasteiger partial charge in [0, 0.05) is 30.5 Å². The van der Waals surface area contributed by atoms with Crippen LogP contribution in [-0.4, -0.2) is 40.6 Å². The summed E-state index contributed by atoms with van der Waals surface area (Å²) in [5.74, 6) is 2.36. The number of hydrogen-bond donors (Lipinski definition) is 0. The molecule has 0 fully saturated rings. The van der Waals surface area contributed by atoms with Gasteiger partial charge in [-0.25, -0.2) is 4.98 Å². The monoisotopic (exact) mass is 393 g/mol. The predicted octanol–water partition coefficient (Wildman–Crippen LogP) is 4.00. The summed E-state index contributed by atoms with van der Waals surface area (Å²) < 4.78 is 12.6. The van der Waals surface area contributed by atoms with E-state index >= 15 is 0 Å². The van der Waals surface area contributed by atoms with Crippen molar-refractivity contribution in [3.8, 4) is 11.5 Å². The number of amides is 1. The summed E-state index contributed by atoms with van der Waals surface area (Å²) >= 11 is 0. The lowest BCUT2D eigenvalue weighted by atomic mass is 10.1. The van der Waals surface area contributed by atoms with Crippen LogP contribution in [0.5, 0.6) is 11.5 Å². The molecular formula is C23H27N3O3. The Morgan fingerprint density at radius 3 is 2.45 bits per heavy atom. The van der Waals surface area contributed by atoms with Gasteiger partial charge in [0.15, 0.2) is 0 Å². The third kappa shape index (κ3) is 4.96. The third-order valence-corrected chi connectivity index (χ3v) is 4.82. The molecule has 152 valence electrons. The first kappa shape index (κ1) is 20.5. The Bertz CT molecular complexity index is 948. The first-order chi connectivity index (χ1) is 14.0. The molecule has 0 unspecified atom stereocenters. The van der Waals surface area contributed by atoms with E-state index < -0.39 is 0 Å². The van der Waals surface area contributed by atoms with E-state index in [1.165, 1.54) is 0 Å². The van der Waals surface area contributed by atoms with Crippen molar-refractivity contribution in [3.05, 3.63) is 77.9 Å². The lowest BCUT2D eigenvalue weighted by Gasteiger charge is -2.27.